The fourth-order valence-electron chi connectivity index (χ4n) is 3.56. The van der Waals surface area contributed by atoms with E-state index in [1.165, 1.54) is 6.42 Å². The summed E-state index contributed by atoms with van der Waals surface area (Å²) >= 11 is 0. The van der Waals surface area contributed by atoms with Crippen LogP contribution in [0.4, 0.5) is 0 Å². The zero-order chi connectivity index (χ0) is 21.7. The molecule has 1 aromatic heterocycles. The lowest BCUT2D eigenvalue weighted by Crippen LogP contribution is -2.12. The van der Waals surface area contributed by atoms with E-state index in [1.807, 2.05) is 19.9 Å². The molecule has 30 heavy (non-hydrogen) atoms. The molecule has 0 fully saturated rings. The average Bonchev–Trinajstić information content (AvgIpc) is 2.74. The van der Waals surface area contributed by atoms with Crippen molar-refractivity contribution in [1.82, 2.24) is 0 Å². The van der Waals surface area contributed by atoms with Gasteiger partial charge in [0.15, 0.2) is 0 Å². The lowest BCUT2D eigenvalue weighted by Gasteiger charge is -2.12. The minimum Gasteiger partial charge on any atom is -0.497 e. The van der Waals surface area contributed by atoms with Crippen molar-refractivity contribution in [3.63, 3.8) is 0 Å². The van der Waals surface area contributed by atoms with E-state index in [2.05, 4.69) is 6.92 Å². The maximum atomic E-state index is 12.6. The summed E-state index contributed by atoms with van der Waals surface area (Å²) in [6.45, 7) is 5.99. The third kappa shape index (κ3) is 4.73. The van der Waals surface area contributed by atoms with Crippen LogP contribution in [-0.2, 0) is 6.42 Å². The SMILES string of the molecule is CCCCCCc1c(C)c2cc(C)c(OC(=O)c3cccc(OC)c3)cc2oc1=O. The number of carbonyl (C=O) groups is 1. The van der Waals surface area contributed by atoms with Gasteiger partial charge in [-0.05, 0) is 62.1 Å². The third-order valence-electron chi connectivity index (χ3n) is 5.37. The molecule has 0 saturated carbocycles. The standard InChI is InChI=1S/C25H28O5/c1-5-6-7-8-12-20-17(3)21-13-16(2)22(15-23(21)30-25(20)27)29-24(26)18-10-9-11-19(14-18)28-4/h9-11,13-15H,5-8,12H2,1-4H3. The van der Waals surface area contributed by atoms with E-state index in [4.69, 9.17) is 13.9 Å². The van der Waals surface area contributed by atoms with Crippen molar-refractivity contribution in [2.75, 3.05) is 7.11 Å². The first kappa shape index (κ1) is 21.6. The van der Waals surface area contributed by atoms with Crippen LogP contribution in [0.2, 0.25) is 0 Å². The van der Waals surface area contributed by atoms with Crippen molar-refractivity contribution >= 4 is 16.9 Å². The lowest BCUT2D eigenvalue weighted by molar-refractivity contribution is 0.0733. The van der Waals surface area contributed by atoms with Crippen LogP contribution in [-0.4, -0.2) is 13.1 Å². The zero-order valence-electron chi connectivity index (χ0n) is 18.0. The van der Waals surface area contributed by atoms with Crippen LogP contribution in [0.5, 0.6) is 11.5 Å². The summed E-state index contributed by atoms with van der Waals surface area (Å²) in [7, 11) is 1.54. The minimum atomic E-state index is -0.497. The summed E-state index contributed by atoms with van der Waals surface area (Å²) in [5.74, 6) is 0.448. The molecule has 0 unspecified atom stereocenters. The number of benzene rings is 2. The minimum absolute atomic E-state index is 0.314. The summed E-state index contributed by atoms with van der Waals surface area (Å²) < 4.78 is 16.3. The summed E-state index contributed by atoms with van der Waals surface area (Å²) in [6, 6.07) is 10.3. The Kier molecular flexibility index (Phi) is 6.93. The Balaban J connectivity index is 1.89. The quantitative estimate of drug-likeness (QED) is 0.205. The highest BCUT2D eigenvalue weighted by Crippen LogP contribution is 2.29. The molecule has 0 bridgehead atoms. The Hall–Kier alpha value is -3.08. The van der Waals surface area contributed by atoms with Gasteiger partial charge in [-0.2, -0.15) is 0 Å². The van der Waals surface area contributed by atoms with Crippen molar-refractivity contribution in [2.24, 2.45) is 0 Å². The van der Waals surface area contributed by atoms with Gasteiger partial charge in [0.2, 0.25) is 0 Å². The van der Waals surface area contributed by atoms with Crippen molar-refractivity contribution in [3.05, 3.63) is 69.1 Å². The van der Waals surface area contributed by atoms with Gasteiger partial charge >= 0.3 is 11.6 Å². The number of carbonyl (C=O) groups excluding carboxylic acids is 1. The molecule has 0 N–H and O–H groups in total. The number of hydrogen-bond donors (Lipinski definition) is 0. The highest BCUT2D eigenvalue weighted by molar-refractivity contribution is 5.92. The maximum Gasteiger partial charge on any atom is 0.343 e. The van der Waals surface area contributed by atoms with Crippen molar-refractivity contribution in [1.29, 1.82) is 0 Å². The van der Waals surface area contributed by atoms with Crippen molar-refractivity contribution < 1.29 is 18.7 Å². The van der Waals surface area contributed by atoms with Gasteiger partial charge in [-0.3, -0.25) is 0 Å². The molecule has 5 nitrogen and oxygen atoms in total. The summed E-state index contributed by atoms with van der Waals surface area (Å²) in [4.78, 5) is 25.1. The maximum absolute atomic E-state index is 12.6. The van der Waals surface area contributed by atoms with E-state index in [9.17, 15) is 9.59 Å². The van der Waals surface area contributed by atoms with Gasteiger partial charge in [0, 0.05) is 17.0 Å². The van der Waals surface area contributed by atoms with E-state index in [0.717, 1.165) is 47.8 Å². The van der Waals surface area contributed by atoms with E-state index in [-0.39, 0.29) is 5.63 Å². The van der Waals surface area contributed by atoms with Crippen LogP contribution < -0.4 is 15.1 Å². The molecule has 0 aliphatic heterocycles. The van der Waals surface area contributed by atoms with Crippen LogP contribution in [0, 0.1) is 13.8 Å². The van der Waals surface area contributed by atoms with Gasteiger partial charge < -0.3 is 13.9 Å². The molecule has 0 aliphatic rings. The number of ether oxygens (including phenoxy) is 2. The number of aryl methyl sites for hydroxylation is 2. The lowest BCUT2D eigenvalue weighted by atomic mass is 9.99. The van der Waals surface area contributed by atoms with Gasteiger partial charge in [-0.25, -0.2) is 9.59 Å². The Morgan fingerprint density at radius 2 is 1.87 bits per heavy atom. The highest BCUT2D eigenvalue weighted by Gasteiger charge is 2.16. The molecule has 0 radical (unpaired) electrons. The summed E-state index contributed by atoms with van der Waals surface area (Å²) in [5.41, 5.74) is 2.96. The highest BCUT2D eigenvalue weighted by atomic mass is 16.5. The second-order valence-electron chi connectivity index (χ2n) is 7.54. The molecule has 158 valence electrons. The largest absolute Gasteiger partial charge is 0.497 e. The van der Waals surface area contributed by atoms with E-state index in [1.54, 1.807) is 37.4 Å². The predicted molar refractivity (Wildman–Crippen MR) is 118 cm³/mol. The molecule has 2 aromatic carbocycles. The van der Waals surface area contributed by atoms with Gasteiger partial charge in [-0.1, -0.05) is 32.3 Å². The molecule has 0 amide bonds. The first-order valence-electron chi connectivity index (χ1n) is 10.4. The van der Waals surface area contributed by atoms with Crippen LogP contribution >= 0.6 is 0 Å². The summed E-state index contributed by atoms with van der Waals surface area (Å²) in [6.07, 6.45) is 5.11. The number of fused-ring (bicyclic) bond motifs is 1. The smallest absolute Gasteiger partial charge is 0.343 e. The zero-order valence-corrected chi connectivity index (χ0v) is 18.0. The van der Waals surface area contributed by atoms with Gasteiger partial charge in [-0.15, -0.1) is 0 Å². The second kappa shape index (κ2) is 9.61. The Morgan fingerprint density at radius 3 is 2.60 bits per heavy atom. The molecule has 5 heteroatoms. The number of unbranched alkanes of at least 4 members (excludes halogenated alkanes) is 3. The number of esters is 1. The van der Waals surface area contributed by atoms with Gasteiger partial charge in [0.25, 0.3) is 0 Å². The fraction of sp³-hybridized carbons (Fsp3) is 0.360. The second-order valence-corrected chi connectivity index (χ2v) is 7.54. The van der Waals surface area contributed by atoms with Crippen LogP contribution in [0.1, 0.15) is 59.7 Å². The number of hydrogen-bond acceptors (Lipinski definition) is 5. The first-order valence-corrected chi connectivity index (χ1v) is 10.4. The molecule has 3 rings (SSSR count). The molecule has 0 atom stereocenters. The number of rotatable bonds is 8. The van der Waals surface area contributed by atoms with E-state index in [0.29, 0.717) is 22.6 Å². The molecule has 0 aliphatic carbocycles. The molecule has 3 aromatic rings. The topological polar surface area (TPSA) is 65.7 Å². The van der Waals surface area contributed by atoms with Crippen LogP contribution in [0.25, 0.3) is 11.0 Å². The molecule has 1 heterocycles. The fourth-order valence-corrected chi connectivity index (χ4v) is 3.56. The van der Waals surface area contributed by atoms with Crippen molar-refractivity contribution in [2.45, 2.75) is 52.9 Å². The molecule has 0 saturated heterocycles. The Bertz CT molecular complexity index is 1110. The predicted octanol–water partition coefficient (Wildman–Crippen LogP) is 5.76. The van der Waals surface area contributed by atoms with Gasteiger partial charge in [0.05, 0.1) is 12.7 Å². The first-order chi connectivity index (χ1) is 14.4. The molecular formula is C25H28O5. The molecular weight excluding hydrogens is 380 g/mol. The van der Waals surface area contributed by atoms with E-state index >= 15 is 0 Å². The average molecular weight is 408 g/mol. The van der Waals surface area contributed by atoms with Crippen LogP contribution in [0.15, 0.2) is 45.6 Å². The van der Waals surface area contributed by atoms with E-state index < -0.39 is 5.97 Å². The van der Waals surface area contributed by atoms with Crippen LogP contribution in [0.3, 0.4) is 0 Å². The Morgan fingerprint density at radius 1 is 1.07 bits per heavy atom. The monoisotopic (exact) mass is 408 g/mol. The Labute approximate surface area is 176 Å². The van der Waals surface area contributed by atoms with Crippen molar-refractivity contribution in [3.8, 4) is 11.5 Å². The third-order valence-corrected chi connectivity index (χ3v) is 5.37. The molecule has 0 spiro atoms. The number of methoxy groups -OCH3 is 1. The normalized spacial score (nSPS) is 10.9. The van der Waals surface area contributed by atoms with Gasteiger partial charge in [0.1, 0.15) is 17.1 Å². The summed E-state index contributed by atoms with van der Waals surface area (Å²) in [5, 5.41) is 0.874.